The molecule has 0 aromatic carbocycles. The van der Waals surface area contributed by atoms with Gasteiger partial charge >= 0.3 is 0 Å². The van der Waals surface area contributed by atoms with Gasteiger partial charge in [-0.05, 0) is 0 Å². The van der Waals surface area contributed by atoms with E-state index in [0.717, 1.165) is 0 Å². The molecule has 0 amide bonds. The maximum atomic E-state index is 5.71. The van der Waals surface area contributed by atoms with E-state index in [2.05, 4.69) is 24.3 Å². The molecule has 4 atom stereocenters. The van der Waals surface area contributed by atoms with Crippen LogP contribution in [0.1, 0.15) is 0 Å². The van der Waals surface area contributed by atoms with Gasteiger partial charge < -0.3 is 18.9 Å². The molecular formula is C15H24O4. The van der Waals surface area contributed by atoms with Crippen LogP contribution in [0.15, 0.2) is 24.3 Å². The van der Waals surface area contributed by atoms with Crippen molar-refractivity contribution in [3.8, 4) is 0 Å². The molecule has 0 bridgehead atoms. The Kier molecular flexibility index (Phi) is 4.79. The van der Waals surface area contributed by atoms with E-state index in [0.29, 0.717) is 13.2 Å². The summed E-state index contributed by atoms with van der Waals surface area (Å²) in [5, 5.41) is 0. The lowest BCUT2D eigenvalue weighted by molar-refractivity contribution is -0.0641. The smallest absolute Gasteiger partial charge is 0.0898 e. The largest absolute Gasteiger partial charge is 0.384 e. The van der Waals surface area contributed by atoms with Crippen molar-refractivity contribution in [2.24, 2.45) is 17.3 Å². The number of rotatable bonds is 6. The molecule has 19 heavy (non-hydrogen) atoms. The lowest BCUT2D eigenvalue weighted by Crippen LogP contribution is -2.35. The van der Waals surface area contributed by atoms with Gasteiger partial charge in [0, 0.05) is 45.7 Å². The highest BCUT2D eigenvalue weighted by molar-refractivity contribution is 5.32. The second-order valence-electron chi connectivity index (χ2n) is 5.24. The number of allylic oxidation sites excluding steroid dienone is 4. The van der Waals surface area contributed by atoms with Gasteiger partial charge in [-0.1, -0.05) is 24.3 Å². The first kappa shape index (κ1) is 14.7. The van der Waals surface area contributed by atoms with E-state index < -0.39 is 0 Å². The van der Waals surface area contributed by atoms with Gasteiger partial charge in [-0.2, -0.15) is 0 Å². The Morgan fingerprint density at radius 1 is 0.789 bits per heavy atom. The molecule has 0 radical (unpaired) electrons. The summed E-state index contributed by atoms with van der Waals surface area (Å²) >= 11 is 0. The summed E-state index contributed by atoms with van der Waals surface area (Å²) < 4.78 is 22.3. The predicted molar refractivity (Wildman–Crippen MR) is 73.0 cm³/mol. The van der Waals surface area contributed by atoms with E-state index >= 15 is 0 Å². The lowest BCUT2D eigenvalue weighted by atomic mass is 9.73. The van der Waals surface area contributed by atoms with Crippen LogP contribution in [-0.2, 0) is 18.9 Å². The molecule has 0 aromatic rings. The molecule has 108 valence electrons. The maximum Gasteiger partial charge on any atom is 0.0898 e. The van der Waals surface area contributed by atoms with Crippen LogP contribution < -0.4 is 0 Å². The van der Waals surface area contributed by atoms with Crippen LogP contribution in [0.4, 0.5) is 0 Å². The monoisotopic (exact) mass is 268 g/mol. The molecule has 2 aliphatic carbocycles. The van der Waals surface area contributed by atoms with Crippen LogP contribution in [0.3, 0.4) is 0 Å². The average Bonchev–Trinajstić information content (AvgIpc) is 2.99. The Morgan fingerprint density at radius 2 is 1.21 bits per heavy atom. The van der Waals surface area contributed by atoms with E-state index in [-0.39, 0.29) is 29.5 Å². The molecule has 4 nitrogen and oxygen atoms in total. The number of methoxy groups -OCH3 is 4. The highest BCUT2D eigenvalue weighted by atomic mass is 16.5. The van der Waals surface area contributed by atoms with Gasteiger partial charge in [0.05, 0.1) is 25.4 Å². The van der Waals surface area contributed by atoms with Gasteiger partial charge in [0.2, 0.25) is 0 Å². The standard InChI is InChI=1S/C15H24O4/c1-16-9-11-13(18-3)14(19-4)12(10-17-2)15(11)7-5-6-8-15/h5-8,11-14H,9-10H2,1-4H3/t11-,12-,13+,14+/m1/s1. The van der Waals surface area contributed by atoms with Gasteiger partial charge in [-0.3, -0.25) is 0 Å². The van der Waals surface area contributed by atoms with E-state index in [1.54, 1.807) is 28.4 Å². The third kappa shape index (κ3) is 2.27. The molecule has 1 spiro atoms. The first-order valence-corrected chi connectivity index (χ1v) is 6.65. The summed E-state index contributed by atoms with van der Waals surface area (Å²) in [6.07, 6.45) is 8.69. The lowest BCUT2D eigenvalue weighted by Gasteiger charge is -2.33. The Labute approximate surface area is 115 Å². The highest BCUT2D eigenvalue weighted by Crippen LogP contribution is 2.54. The summed E-state index contributed by atoms with van der Waals surface area (Å²) in [6.45, 7) is 1.29. The summed E-state index contributed by atoms with van der Waals surface area (Å²) in [5.74, 6) is 0.477. The topological polar surface area (TPSA) is 36.9 Å². The molecule has 0 unspecified atom stereocenters. The molecule has 2 aliphatic rings. The van der Waals surface area contributed by atoms with Crippen molar-refractivity contribution in [1.29, 1.82) is 0 Å². The molecule has 0 aromatic heterocycles. The number of hydrogen-bond acceptors (Lipinski definition) is 4. The van der Waals surface area contributed by atoms with Crippen molar-refractivity contribution in [3.05, 3.63) is 24.3 Å². The first-order chi connectivity index (χ1) is 9.25. The van der Waals surface area contributed by atoms with E-state index in [1.807, 2.05) is 0 Å². The average molecular weight is 268 g/mol. The van der Waals surface area contributed by atoms with Crippen LogP contribution >= 0.6 is 0 Å². The second-order valence-corrected chi connectivity index (χ2v) is 5.24. The van der Waals surface area contributed by atoms with E-state index in [1.165, 1.54) is 0 Å². The second kappa shape index (κ2) is 6.18. The van der Waals surface area contributed by atoms with E-state index in [9.17, 15) is 0 Å². The quantitative estimate of drug-likeness (QED) is 0.734. The first-order valence-electron chi connectivity index (χ1n) is 6.65. The van der Waals surface area contributed by atoms with Gasteiger partial charge in [-0.25, -0.2) is 0 Å². The molecule has 0 aliphatic heterocycles. The van der Waals surface area contributed by atoms with Crippen LogP contribution in [-0.4, -0.2) is 53.9 Å². The Hall–Kier alpha value is -0.680. The minimum absolute atomic E-state index is 0.0116. The fourth-order valence-electron chi connectivity index (χ4n) is 3.73. The predicted octanol–water partition coefficient (Wildman–Crippen LogP) is 1.67. The van der Waals surface area contributed by atoms with Crippen molar-refractivity contribution in [2.45, 2.75) is 12.2 Å². The van der Waals surface area contributed by atoms with E-state index in [4.69, 9.17) is 18.9 Å². The van der Waals surface area contributed by atoms with Crippen LogP contribution in [0.2, 0.25) is 0 Å². The molecule has 4 heteroatoms. The van der Waals surface area contributed by atoms with Crippen molar-refractivity contribution in [1.82, 2.24) is 0 Å². The zero-order valence-electron chi connectivity index (χ0n) is 12.2. The summed E-state index contributed by atoms with van der Waals surface area (Å²) in [7, 11) is 6.94. The third-order valence-electron chi connectivity index (χ3n) is 4.52. The fraction of sp³-hybridized carbons (Fsp3) is 0.733. The minimum atomic E-state index is -0.0899. The fourth-order valence-corrected chi connectivity index (χ4v) is 3.73. The zero-order valence-corrected chi connectivity index (χ0v) is 12.2. The summed E-state index contributed by atoms with van der Waals surface area (Å²) in [6, 6.07) is 0. The number of ether oxygens (including phenoxy) is 4. The van der Waals surface area contributed by atoms with Crippen LogP contribution in [0, 0.1) is 17.3 Å². The molecule has 0 heterocycles. The SMILES string of the molecule is COC[C@@H]1[C@H](OC)[C@@H](OC)[C@@H](COC)C12C=CC=C2. The van der Waals surface area contributed by atoms with Gasteiger partial charge in [0.15, 0.2) is 0 Å². The Balaban J connectivity index is 2.39. The molecule has 0 N–H and O–H groups in total. The minimum Gasteiger partial charge on any atom is -0.384 e. The molecular weight excluding hydrogens is 244 g/mol. The zero-order chi connectivity index (χ0) is 13.9. The van der Waals surface area contributed by atoms with Gasteiger partial charge in [-0.15, -0.1) is 0 Å². The van der Waals surface area contributed by atoms with Crippen molar-refractivity contribution < 1.29 is 18.9 Å². The van der Waals surface area contributed by atoms with Gasteiger partial charge in [0.25, 0.3) is 0 Å². The Bertz CT molecular complexity index is 316. The Morgan fingerprint density at radius 3 is 1.53 bits per heavy atom. The normalized spacial score (nSPS) is 35.6. The highest BCUT2D eigenvalue weighted by Gasteiger charge is 2.59. The van der Waals surface area contributed by atoms with Crippen molar-refractivity contribution >= 4 is 0 Å². The molecule has 0 saturated heterocycles. The summed E-state index contributed by atoms with van der Waals surface area (Å²) in [4.78, 5) is 0. The molecule has 2 rings (SSSR count). The van der Waals surface area contributed by atoms with Gasteiger partial charge in [0.1, 0.15) is 0 Å². The maximum absolute atomic E-state index is 5.71. The molecule has 1 fully saturated rings. The summed E-state index contributed by atoms with van der Waals surface area (Å²) in [5.41, 5.74) is -0.0899. The molecule has 1 saturated carbocycles. The third-order valence-corrected chi connectivity index (χ3v) is 4.52. The van der Waals surface area contributed by atoms with Crippen LogP contribution in [0.5, 0.6) is 0 Å². The van der Waals surface area contributed by atoms with Crippen molar-refractivity contribution in [3.63, 3.8) is 0 Å². The van der Waals surface area contributed by atoms with Crippen molar-refractivity contribution in [2.75, 3.05) is 41.7 Å². The van der Waals surface area contributed by atoms with Crippen LogP contribution in [0.25, 0.3) is 0 Å². The number of hydrogen-bond donors (Lipinski definition) is 0.